The first kappa shape index (κ1) is 64.8. The quantitative estimate of drug-likeness (QED) is 0.0262. The lowest BCUT2D eigenvalue weighted by Crippen LogP contribution is -2.30. The third-order valence-electron chi connectivity index (χ3n) is 11.4. The SMILES string of the molecule is CCCCC/C=C\C/C=C\C/C=C\C/C=C\CCCC(=O)OC[C@H](COC(=O)CCCCCC/C=C\C/C=C\C/C=C\CCCCC)OC(=O)CCCCCC/C=C\C/C=C\C/C=C\CCCCC. The van der Waals surface area contributed by atoms with Crippen molar-refractivity contribution in [3.05, 3.63) is 122 Å². The monoisotopic (exact) mass is 955 g/mol. The Morgan fingerprint density at radius 2 is 0.536 bits per heavy atom. The second kappa shape index (κ2) is 56.4. The molecular formula is C63H102O6. The van der Waals surface area contributed by atoms with Crippen molar-refractivity contribution in [3.8, 4) is 0 Å². The van der Waals surface area contributed by atoms with Crippen molar-refractivity contribution in [2.45, 2.75) is 245 Å². The molecule has 0 aromatic heterocycles. The van der Waals surface area contributed by atoms with Crippen LogP contribution in [0.15, 0.2) is 122 Å². The molecule has 0 saturated heterocycles. The van der Waals surface area contributed by atoms with E-state index in [4.69, 9.17) is 14.2 Å². The third kappa shape index (κ3) is 54.6. The average molecular weight is 956 g/mol. The van der Waals surface area contributed by atoms with Crippen LogP contribution in [0.25, 0.3) is 0 Å². The van der Waals surface area contributed by atoms with Crippen LogP contribution >= 0.6 is 0 Å². The fraction of sp³-hybridized carbons (Fsp3) is 0.635. The lowest BCUT2D eigenvalue weighted by atomic mass is 10.1. The lowest BCUT2D eigenvalue weighted by molar-refractivity contribution is -0.167. The molecule has 390 valence electrons. The highest BCUT2D eigenvalue weighted by Crippen LogP contribution is 2.12. The van der Waals surface area contributed by atoms with E-state index in [9.17, 15) is 14.4 Å². The number of ether oxygens (including phenoxy) is 3. The van der Waals surface area contributed by atoms with Gasteiger partial charge in [-0.1, -0.05) is 206 Å². The molecular weight excluding hydrogens is 853 g/mol. The zero-order valence-corrected chi connectivity index (χ0v) is 44.5. The van der Waals surface area contributed by atoms with E-state index in [1.807, 2.05) is 0 Å². The van der Waals surface area contributed by atoms with Crippen LogP contribution in [-0.4, -0.2) is 37.2 Å². The fourth-order valence-electron chi connectivity index (χ4n) is 7.15. The Morgan fingerprint density at radius 3 is 0.855 bits per heavy atom. The van der Waals surface area contributed by atoms with Crippen molar-refractivity contribution in [1.82, 2.24) is 0 Å². The topological polar surface area (TPSA) is 78.9 Å². The summed E-state index contributed by atoms with van der Waals surface area (Å²) in [5, 5.41) is 0. The molecule has 0 aliphatic rings. The van der Waals surface area contributed by atoms with E-state index in [2.05, 4.69) is 142 Å². The molecule has 0 spiro atoms. The van der Waals surface area contributed by atoms with Crippen LogP contribution < -0.4 is 0 Å². The van der Waals surface area contributed by atoms with Crippen molar-refractivity contribution in [2.24, 2.45) is 0 Å². The van der Waals surface area contributed by atoms with Gasteiger partial charge < -0.3 is 14.2 Å². The zero-order valence-electron chi connectivity index (χ0n) is 44.5. The van der Waals surface area contributed by atoms with Gasteiger partial charge in [-0.15, -0.1) is 0 Å². The van der Waals surface area contributed by atoms with E-state index in [1.165, 1.54) is 77.0 Å². The number of allylic oxidation sites excluding steroid dienone is 20. The minimum Gasteiger partial charge on any atom is -0.462 e. The summed E-state index contributed by atoms with van der Waals surface area (Å²) >= 11 is 0. The van der Waals surface area contributed by atoms with E-state index in [0.29, 0.717) is 12.8 Å². The van der Waals surface area contributed by atoms with Crippen molar-refractivity contribution in [3.63, 3.8) is 0 Å². The van der Waals surface area contributed by atoms with Gasteiger partial charge in [-0.05, 0) is 135 Å². The highest BCUT2D eigenvalue weighted by molar-refractivity contribution is 5.71. The van der Waals surface area contributed by atoms with Crippen molar-refractivity contribution >= 4 is 17.9 Å². The summed E-state index contributed by atoms with van der Waals surface area (Å²) < 4.78 is 16.8. The standard InChI is InChI=1S/C63H102O6/c1-4-7-10-13-16-19-22-25-28-31-34-37-40-43-46-49-52-55-61(64)67-58-60(69-63(66)57-54-51-48-45-42-39-36-33-30-27-24-21-18-15-12-9-6-3)59-68-62(65)56-53-50-47-44-41-38-35-32-29-26-23-20-17-14-11-8-5-2/h16-21,25-30,34-39,43,46,60H,4-15,22-24,31-33,40-42,44-45,47-59H2,1-3H3/b19-16-,20-17-,21-18-,28-25-,29-26-,30-27-,37-34-,38-35-,39-36-,46-43-/t60-/m1/s1. The van der Waals surface area contributed by atoms with Gasteiger partial charge in [-0.3, -0.25) is 14.4 Å². The second-order valence-corrected chi connectivity index (χ2v) is 18.1. The number of rotatable bonds is 49. The Hall–Kier alpha value is -4.19. The van der Waals surface area contributed by atoms with Gasteiger partial charge in [0.05, 0.1) is 0 Å². The van der Waals surface area contributed by atoms with Crippen LogP contribution in [0.3, 0.4) is 0 Å². The zero-order chi connectivity index (χ0) is 50.0. The molecule has 0 heterocycles. The Morgan fingerprint density at radius 1 is 0.290 bits per heavy atom. The van der Waals surface area contributed by atoms with Gasteiger partial charge in [0.1, 0.15) is 13.2 Å². The number of hydrogen-bond donors (Lipinski definition) is 0. The molecule has 0 N–H and O–H groups in total. The predicted octanol–water partition coefficient (Wildman–Crippen LogP) is 18.9. The summed E-state index contributed by atoms with van der Waals surface area (Å²) in [6.45, 7) is 6.46. The van der Waals surface area contributed by atoms with E-state index >= 15 is 0 Å². The Bertz CT molecular complexity index is 1470. The smallest absolute Gasteiger partial charge is 0.306 e. The van der Waals surface area contributed by atoms with Gasteiger partial charge >= 0.3 is 17.9 Å². The highest BCUT2D eigenvalue weighted by Gasteiger charge is 2.19. The van der Waals surface area contributed by atoms with Crippen LogP contribution in [0, 0.1) is 0 Å². The Labute approximate surface area is 424 Å². The minimum absolute atomic E-state index is 0.119. The molecule has 0 unspecified atom stereocenters. The van der Waals surface area contributed by atoms with Crippen molar-refractivity contribution < 1.29 is 28.6 Å². The number of carbonyl (C=O) groups is 3. The summed E-state index contributed by atoms with van der Waals surface area (Å²) in [5.41, 5.74) is 0. The van der Waals surface area contributed by atoms with E-state index < -0.39 is 6.10 Å². The molecule has 1 atom stereocenters. The first-order chi connectivity index (χ1) is 34.0. The van der Waals surface area contributed by atoms with Crippen LogP contribution in [0.2, 0.25) is 0 Å². The van der Waals surface area contributed by atoms with Crippen LogP contribution in [0.4, 0.5) is 0 Å². The minimum atomic E-state index is -0.825. The van der Waals surface area contributed by atoms with E-state index in [-0.39, 0.29) is 44.0 Å². The summed E-state index contributed by atoms with van der Waals surface area (Å²) in [6, 6.07) is 0. The van der Waals surface area contributed by atoms with E-state index in [0.717, 1.165) is 116 Å². The van der Waals surface area contributed by atoms with Crippen LogP contribution in [0.5, 0.6) is 0 Å². The molecule has 0 amide bonds. The molecule has 69 heavy (non-hydrogen) atoms. The van der Waals surface area contributed by atoms with Gasteiger partial charge in [0, 0.05) is 19.3 Å². The lowest BCUT2D eigenvalue weighted by Gasteiger charge is -2.18. The molecule has 0 rings (SSSR count). The van der Waals surface area contributed by atoms with Crippen LogP contribution in [0.1, 0.15) is 239 Å². The van der Waals surface area contributed by atoms with Gasteiger partial charge in [-0.2, -0.15) is 0 Å². The van der Waals surface area contributed by atoms with E-state index in [1.54, 1.807) is 0 Å². The van der Waals surface area contributed by atoms with Crippen LogP contribution in [-0.2, 0) is 28.6 Å². The van der Waals surface area contributed by atoms with Gasteiger partial charge in [0.15, 0.2) is 6.10 Å². The number of unbranched alkanes of at least 4 members (excludes halogenated alkanes) is 18. The van der Waals surface area contributed by atoms with Gasteiger partial charge in [0.25, 0.3) is 0 Å². The third-order valence-corrected chi connectivity index (χ3v) is 11.4. The van der Waals surface area contributed by atoms with Gasteiger partial charge in [-0.25, -0.2) is 0 Å². The molecule has 0 aliphatic heterocycles. The predicted molar refractivity (Wildman–Crippen MR) is 297 cm³/mol. The Balaban J connectivity index is 4.58. The summed E-state index contributed by atoms with van der Waals surface area (Å²) in [5.74, 6) is -1.02. The maximum absolute atomic E-state index is 12.8. The normalized spacial score (nSPS) is 13.0. The maximum atomic E-state index is 12.8. The summed E-state index contributed by atoms with van der Waals surface area (Å²) in [7, 11) is 0. The maximum Gasteiger partial charge on any atom is 0.306 e. The molecule has 0 bridgehead atoms. The van der Waals surface area contributed by atoms with Crippen molar-refractivity contribution in [1.29, 1.82) is 0 Å². The molecule has 0 fully saturated rings. The highest BCUT2D eigenvalue weighted by atomic mass is 16.6. The fourth-order valence-corrected chi connectivity index (χ4v) is 7.15. The van der Waals surface area contributed by atoms with Crippen molar-refractivity contribution in [2.75, 3.05) is 13.2 Å². The molecule has 0 aromatic rings. The average Bonchev–Trinajstić information content (AvgIpc) is 3.35. The first-order valence-electron chi connectivity index (χ1n) is 28.0. The summed E-state index contributed by atoms with van der Waals surface area (Å²) in [4.78, 5) is 38.1. The first-order valence-corrected chi connectivity index (χ1v) is 28.0. The second-order valence-electron chi connectivity index (χ2n) is 18.1. The number of hydrogen-bond acceptors (Lipinski definition) is 6. The summed E-state index contributed by atoms with van der Waals surface area (Å²) in [6.07, 6.45) is 77.5. The molecule has 0 saturated carbocycles. The molecule has 6 heteroatoms. The van der Waals surface area contributed by atoms with Gasteiger partial charge in [0.2, 0.25) is 0 Å². The molecule has 0 aliphatic carbocycles. The number of esters is 3. The Kier molecular flexibility index (Phi) is 53.0. The largest absolute Gasteiger partial charge is 0.462 e. The molecule has 6 nitrogen and oxygen atoms in total. The molecule has 0 aromatic carbocycles. The number of carbonyl (C=O) groups excluding carboxylic acids is 3. The molecule has 0 radical (unpaired) electrons.